The normalized spacial score (nSPS) is 12.8. The maximum Gasteiger partial charge on any atom is 0.195 e. The van der Waals surface area contributed by atoms with Crippen LogP contribution in [0.4, 0.5) is 0 Å². The van der Waals surface area contributed by atoms with E-state index in [9.17, 15) is 4.79 Å². The molecule has 1 aromatic heterocycles. The molecule has 0 bridgehead atoms. The Morgan fingerprint density at radius 2 is 1.65 bits per heavy atom. The molecule has 0 fully saturated rings. The van der Waals surface area contributed by atoms with Gasteiger partial charge in [0.2, 0.25) is 0 Å². The Labute approximate surface area is 158 Å². The highest BCUT2D eigenvalue weighted by molar-refractivity contribution is 7.24. The van der Waals surface area contributed by atoms with Crippen molar-refractivity contribution in [3.05, 3.63) is 58.3 Å². The lowest BCUT2D eigenvalue weighted by molar-refractivity contribution is -0.0609. The van der Waals surface area contributed by atoms with Crippen LogP contribution >= 0.6 is 11.3 Å². The van der Waals surface area contributed by atoms with Crippen LogP contribution in [0.1, 0.15) is 39.7 Å². The third-order valence-electron chi connectivity index (χ3n) is 4.99. The fourth-order valence-electron chi connectivity index (χ4n) is 2.92. The minimum Gasteiger partial charge on any atom is -0.379 e. The zero-order valence-electron chi connectivity index (χ0n) is 16.1. The van der Waals surface area contributed by atoms with Crippen molar-refractivity contribution in [2.24, 2.45) is 0 Å². The highest BCUT2D eigenvalue weighted by atomic mass is 32.1. The van der Waals surface area contributed by atoms with Crippen molar-refractivity contribution in [2.75, 3.05) is 13.7 Å². The summed E-state index contributed by atoms with van der Waals surface area (Å²) in [6.45, 7) is 8.79. The van der Waals surface area contributed by atoms with Gasteiger partial charge in [0.15, 0.2) is 5.43 Å². The summed E-state index contributed by atoms with van der Waals surface area (Å²) in [5.74, 6) is 0. The molecule has 0 saturated carbocycles. The maximum absolute atomic E-state index is 12.9. The molecule has 0 aliphatic heterocycles. The molecular formula is C22H26O3S. The second kappa shape index (κ2) is 7.10. The third-order valence-corrected chi connectivity index (χ3v) is 6.14. The van der Waals surface area contributed by atoms with E-state index in [1.54, 1.807) is 18.4 Å². The van der Waals surface area contributed by atoms with Gasteiger partial charge in [0.25, 0.3) is 0 Å². The standard InChI is InChI=1S/C22H26O3S/c1-21(2,24-5)12-13-25-22(3,4)15-10-11-19-17(14-15)20(23)16-8-6-7-9-18(16)26-19/h6-11,14H,12-13H2,1-5H3. The number of hydrogen-bond donors (Lipinski definition) is 0. The van der Waals surface area contributed by atoms with E-state index in [1.165, 1.54) is 0 Å². The molecule has 0 radical (unpaired) electrons. The first-order chi connectivity index (χ1) is 12.2. The Morgan fingerprint density at radius 3 is 2.38 bits per heavy atom. The predicted octanol–water partition coefficient (Wildman–Crippen LogP) is 5.48. The lowest BCUT2D eigenvalue weighted by Gasteiger charge is -2.29. The van der Waals surface area contributed by atoms with E-state index >= 15 is 0 Å². The van der Waals surface area contributed by atoms with Crippen molar-refractivity contribution in [1.82, 2.24) is 0 Å². The summed E-state index contributed by atoms with van der Waals surface area (Å²) in [6, 6.07) is 13.9. The van der Waals surface area contributed by atoms with Crippen LogP contribution in [-0.2, 0) is 15.1 Å². The zero-order valence-corrected chi connectivity index (χ0v) is 16.9. The Hall–Kier alpha value is -1.75. The van der Waals surface area contributed by atoms with E-state index < -0.39 is 5.60 Å². The average Bonchev–Trinajstić information content (AvgIpc) is 2.61. The Balaban J connectivity index is 1.93. The molecule has 4 heteroatoms. The predicted molar refractivity (Wildman–Crippen MR) is 110 cm³/mol. The largest absolute Gasteiger partial charge is 0.379 e. The second-order valence-corrected chi connectivity index (χ2v) is 8.79. The molecule has 0 aliphatic carbocycles. The van der Waals surface area contributed by atoms with Gasteiger partial charge in [-0.05, 0) is 63.9 Å². The molecule has 0 aliphatic rings. The number of benzene rings is 2. The first-order valence-corrected chi connectivity index (χ1v) is 9.70. The van der Waals surface area contributed by atoms with E-state index in [4.69, 9.17) is 9.47 Å². The minimum absolute atomic E-state index is 0.0903. The Kier molecular flexibility index (Phi) is 5.20. The molecule has 1 heterocycles. The summed E-state index contributed by atoms with van der Waals surface area (Å²) < 4.78 is 13.6. The Bertz CT molecular complexity index is 986. The fourth-order valence-corrected chi connectivity index (χ4v) is 3.97. The Morgan fingerprint density at radius 1 is 0.962 bits per heavy atom. The number of fused-ring (bicyclic) bond motifs is 2. The van der Waals surface area contributed by atoms with Gasteiger partial charge in [-0.1, -0.05) is 18.2 Å². The smallest absolute Gasteiger partial charge is 0.195 e. The molecule has 0 spiro atoms. The molecule has 26 heavy (non-hydrogen) atoms. The number of ether oxygens (including phenoxy) is 2. The molecule has 2 aromatic carbocycles. The molecule has 0 amide bonds. The summed E-state index contributed by atoms with van der Waals surface area (Å²) in [6.07, 6.45) is 0.806. The van der Waals surface area contributed by atoms with Gasteiger partial charge < -0.3 is 9.47 Å². The van der Waals surface area contributed by atoms with Gasteiger partial charge in [0, 0.05) is 27.3 Å². The van der Waals surface area contributed by atoms with Crippen LogP contribution in [0.3, 0.4) is 0 Å². The molecule has 0 unspecified atom stereocenters. The van der Waals surface area contributed by atoms with Crippen LogP contribution in [-0.4, -0.2) is 19.3 Å². The summed E-state index contributed by atoms with van der Waals surface area (Å²) >= 11 is 1.65. The van der Waals surface area contributed by atoms with Crippen LogP contribution in [0.5, 0.6) is 0 Å². The summed E-state index contributed by atoms with van der Waals surface area (Å²) in [5, 5.41) is 1.54. The summed E-state index contributed by atoms with van der Waals surface area (Å²) in [5.41, 5.74) is 0.426. The molecule has 0 saturated heterocycles. The lowest BCUT2D eigenvalue weighted by Crippen LogP contribution is -2.28. The molecule has 3 nitrogen and oxygen atoms in total. The maximum atomic E-state index is 12.9. The van der Waals surface area contributed by atoms with Crippen molar-refractivity contribution < 1.29 is 9.47 Å². The van der Waals surface area contributed by atoms with Gasteiger partial charge in [0.05, 0.1) is 17.8 Å². The van der Waals surface area contributed by atoms with Crippen molar-refractivity contribution in [2.45, 2.75) is 45.3 Å². The highest BCUT2D eigenvalue weighted by Gasteiger charge is 2.24. The minimum atomic E-state index is -0.471. The number of rotatable bonds is 6. The van der Waals surface area contributed by atoms with Crippen molar-refractivity contribution in [1.29, 1.82) is 0 Å². The summed E-state index contributed by atoms with van der Waals surface area (Å²) in [4.78, 5) is 12.9. The average molecular weight is 371 g/mol. The van der Waals surface area contributed by atoms with E-state index in [1.807, 2.05) is 50.2 Å². The van der Waals surface area contributed by atoms with Crippen LogP contribution in [0, 0.1) is 0 Å². The molecule has 0 N–H and O–H groups in total. The van der Waals surface area contributed by atoms with Gasteiger partial charge in [-0.2, -0.15) is 0 Å². The van der Waals surface area contributed by atoms with E-state index in [0.29, 0.717) is 6.61 Å². The molecular weight excluding hydrogens is 344 g/mol. The van der Waals surface area contributed by atoms with Crippen molar-refractivity contribution in [3.63, 3.8) is 0 Å². The van der Waals surface area contributed by atoms with E-state index in [2.05, 4.69) is 19.9 Å². The van der Waals surface area contributed by atoms with Crippen molar-refractivity contribution >= 4 is 31.5 Å². The highest BCUT2D eigenvalue weighted by Crippen LogP contribution is 2.31. The monoisotopic (exact) mass is 370 g/mol. The summed E-state index contributed by atoms with van der Waals surface area (Å²) in [7, 11) is 1.72. The van der Waals surface area contributed by atoms with Gasteiger partial charge in [0.1, 0.15) is 0 Å². The SMILES string of the molecule is COC(C)(C)CCOC(C)(C)c1ccc2sc3ccccc3c(=O)c2c1. The lowest BCUT2D eigenvalue weighted by atomic mass is 9.96. The van der Waals surface area contributed by atoms with Crippen LogP contribution in [0.15, 0.2) is 47.3 Å². The van der Waals surface area contributed by atoms with Crippen LogP contribution in [0.2, 0.25) is 0 Å². The molecule has 3 aromatic rings. The molecule has 3 rings (SSSR count). The first-order valence-electron chi connectivity index (χ1n) is 8.89. The number of methoxy groups -OCH3 is 1. The van der Waals surface area contributed by atoms with Crippen molar-refractivity contribution in [3.8, 4) is 0 Å². The molecule has 0 atom stereocenters. The molecule has 138 valence electrons. The van der Waals surface area contributed by atoms with Crippen LogP contribution in [0.25, 0.3) is 20.2 Å². The first kappa shape index (κ1) is 19.0. The van der Waals surface area contributed by atoms with Crippen LogP contribution < -0.4 is 5.43 Å². The van der Waals surface area contributed by atoms with Gasteiger partial charge in [-0.25, -0.2) is 0 Å². The second-order valence-electron chi connectivity index (χ2n) is 7.71. The van der Waals surface area contributed by atoms with E-state index in [0.717, 1.165) is 32.2 Å². The van der Waals surface area contributed by atoms with Gasteiger partial charge in [-0.3, -0.25) is 4.79 Å². The topological polar surface area (TPSA) is 35.5 Å². The fraction of sp³-hybridized carbons (Fsp3) is 0.409. The van der Waals surface area contributed by atoms with Gasteiger partial charge in [-0.15, -0.1) is 11.3 Å². The van der Waals surface area contributed by atoms with E-state index in [-0.39, 0.29) is 11.0 Å². The third kappa shape index (κ3) is 3.83. The van der Waals surface area contributed by atoms with Gasteiger partial charge >= 0.3 is 0 Å². The quantitative estimate of drug-likeness (QED) is 0.539. The number of hydrogen-bond acceptors (Lipinski definition) is 4. The zero-order chi connectivity index (χ0) is 18.9.